The van der Waals surface area contributed by atoms with Crippen LogP contribution in [0.15, 0.2) is 12.3 Å². The van der Waals surface area contributed by atoms with Crippen molar-refractivity contribution >= 4 is 0 Å². The highest BCUT2D eigenvalue weighted by atomic mass is 16.5. The van der Waals surface area contributed by atoms with Gasteiger partial charge in [-0.25, -0.2) is 4.68 Å². The Morgan fingerprint density at radius 2 is 2.09 bits per heavy atom. The van der Waals surface area contributed by atoms with E-state index in [9.17, 15) is 0 Å². The minimum absolute atomic E-state index is 0.145. The van der Waals surface area contributed by atoms with Crippen LogP contribution < -0.4 is 4.74 Å². The minimum atomic E-state index is -0.145. The highest BCUT2D eigenvalue weighted by Gasteiger charge is 2.13. The maximum atomic E-state index is 5.57. The van der Waals surface area contributed by atoms with Crippen molar-refractivity contribution in [2.24, 2.45) is 7.05 Å². The predicted molar refractivity (Wildman–Crippen MR) is 43.6 cm³/mol. The Morgan fingerprint density at radius 3 is 2.45 bits per heavy atom. The van der Waals surface area contributed by atoms with E-state index in [1.54, 1.807) is 10.9 Å². The summed E-state index contributed by atoms with van der Waals surface area (Å²) >= 11 is 0. The van der Waals surface area contributed by atoms with Crippen LogP contribution in [-0.4, -0.2) is 15.4 Å². The normalized spacial score (nSPS) is 11.6. The minimum Gasteiger partial charge on any atom is -0.472 e. The van der Waals surface area contributed by atoms with Gasteiger partial charge in [-0.2, -0.15) is 5.10 Å². The van der Waals surface area contributed by atoms with Crippen molar-refractivity contribution < 1.29 is 4.74 Å². The van der Waals surface area contributed by atoms with Crippen LogP contribution in [0, 0.1) is 0 Å². The maximum Gasteiger partial charge on any atom is 0.211 e. The van der Waals surface area contributed by atoms with E-state index in [0.717, 1.165) is 5.88 Å². The quantitative estimate of drug-likeness (QED) is 0.614. The van der Waals surface area contributed by atoms with Crippen LogP contribution >= 0.6 is 0 Å². The molecule has 0 saturated carbocycles. The molecule has 0 amide bonds. The number of ether oxygens (including phenoxy) is 1. The van der Waals surface area contributed by atoms with Crippen LogP contribution in [0.2, 0.25) is 0 Å². The summed E-state index contributed by atoms with van der Waals surface area (Å²) in [6, 6.07) is 1.85. The van der Waals surface area contributed by atoms with E-state index in [2.05, 4.69) is 5.10 Å². The smallest absolute Gasteiger partial charge is 0.211 e. The molecule has 0 saturated heterocycles. The van der Waals surface area contributed by atoms with Crippen molar-refractivity contribution in [3.63, 3.8) is 0 Å². The average Bonchev–Trinajstić information content (AvgIpc) is 2.12. The van der Waals surface area contributed by atoms with Gasteiger partial charge < -0.3 is 4.74 Å². The van der Waals surface area contributed by atoms with E-state index in [1.165, 1.54) is 0 Å². The molecule has 0 aliphatic heterocycles. The Balaban J connectivity index is 2.72. The fourth-order valence-electron chi connectivity index (χ4n) is 0.776. The van der Waals surface area contributed by atoms with Gasteiger partial charge in [-0.15, -0.1) is 0 Å². The number of hydrogen-bond donors (Lipinski definition) is 0. The van der Waals surface area contributed by atoms with Crippen LogP contribution in [0.1, 0.15) is 20.8 Å². The molecule has 1 aromatic rings. The zero-order chi connectivity index (χ0) is 8.48. The third-order valence-corrected chi connectivity index (χ3v) is 1.19. The van der Waals surface area contributed by atoms with Gasteiger partial charge in [0.2, 0.25) is 5.88 Å². The van der Waals surface area contributed by atoms with Gasteiger partial charge in [0.15, 0.2) is 0 Å². The summed E-state index contributed by atoms with van der Waals surface area (Å²) in [4.78, 5) is 0. The number of aromatic nitrogens is 2. The molecular weight excluding hydrogens is 140 g/mol. The molecular formula is C8H14N2O. The lowest BCUT2D eigenvalue weighted by atomic mass is 10.2. The van der Waals surface area contributed by atoms with Gasteiger partial charge in [0.05, 0.1) is 6.20 Å². The molecule has 0 bridgehead atoms. The number of nitrogens with zero attached hydrogens (tertiary/aromatic N) is 2. The summed E-state index contributed by atoms with van der Waals surface area (Å²) < 4.78 is 7.29. The van der Waals surface area contributed by atoms with Crippen molar-refractivity contribution in [2.45, 2.75) is 26.4 Å². The van der Waals surface area contributed by atoms with Crippen molar-refractivity contribution in [1.29, 1.82) is 0 Å². The van der Waals surface area contributed by atoms with E-state index in [-0.39, 0.29) is 5.60 Å². The van der Waals surface area contributed by atoms with Crippen LogP contribution in [0.25, 0.3) is 0 Å². The number of aryl methyl sites for hydroxylation is 1. The van der Waals surface area contributed by atoms with Gasteiger partial charge in [-0.3, -0.25) is 0 Å². The summed E-state index contributed by atoms with van der Waals surface area (Å²) in [7, 11) is 1.86. The largest absolute Gasteiger partial charge is 0.472 e. The molecule has 0 aromatic carbocycles. The van der Waals surface area contributed by atoms with Gasteiger partial charge >= 0.3 is 0 Å². The van der Waals surface area contributed by atoms with E-state index in [0.29, 0.717) is 0 Å². The molecule has 11 heavy (non-hydrogen) atoms. The topological polar surface area (TPSA) is 27.1 Å². The monoisotopic (exact) mass is 154 g/mol. The second kappa shape index (κ2) is 2.57. The molecule has 62 valence electrons. The maximum absolute atomic E-state index is 5.57. The molecule has 1 rings (SSSR count). The Bertz CT molecular complexity index is 234. The molecule has 1 heterocycles. The zero-order valence-corrected chi connectivity index (χ0v) is 7.46. The molecule has 0 aliphatic rings. The first-order chi connectivity index (χ1) is 4.99. The van der Waals surface area contributed by atoms with Gasteiger partial charge in [0.1, 0.15) is 5.60 Å². The highest BCUT2D eigenvalue weighted by molar-refractivity contribution is 5.07. The van der Waals surface area contributed by atoms with Crippen LogP contribution in [0.5, 0.6) is 5.88 Å². The summed E-state index contributed by atoms with van der Waals surface area (Å²) in [6.07, 6.45) is 1.72. The van der Waals surface area contributed by atoms with E-state index in [1.807, 2.05) is 33.9 Å². The SMILES string of the molecule is Cn1nccc1OC(C)(C)C. The predicted octanol–water partition coefficient (Wildman–Crippen LogP) is 1.60. The molecule has 0 aliphatic carbocycles. The molecule has 3 nitrogen and oxygen atoms in total. The fraction of sp³-hybridized carbons (Fsp3) is 0.625. The molecule has 0 spiro atoms. The molecule has 0 unspecified atom stereocenters. The summed E-state index contributed by atoms with van der Waals surface area (Å²) in [5.74, 6) is 0.803. The van der Waals surface area contributed by atoms with Crippen LogP contribution in [0.4, 0.5) is 0 Å². The lowest BCUT2D eigenvalue weighted by Gasteiger charge is -2.20. The Kier molecular flexibility index (Phi) is 1.89. The molecule has 0 radical (unpaired) electrons. The third-order valence-electron chi connectivity index (χ3n) is 1.19. The second-order valence-corrected chi connectivity index (χ2v) is 3.51. The molecule has 1 aromatic heterocycles. The number of hydrogen-bond acceptors (Lipinski definition) is 2. The first-order valence-corrected chi connectivity index (χ1v) is 3.66. The lowest BCUT2D eigenvalue weighted by Crippen LogP contribution is -2.24. The first kappa shape index (κ1) is 8.11. The summed E-state index contributed by atoms with van der Waals surface area (Å²) in [5.41, 5.74) is -0.145. The van der Waals surface area contributed by atoms with Crippen LogP contribution in [0.3, 0.4) is 0 Å². The lowest BCUT2D eigenvalue weighted by molar-refractivity contribution is 0.117. The van der Waals surface area contributed by atoms with E-state index < -0.39 is 0 Å². The fourth-order valence-corrected chi connectivity index (χ4v) is 0.776. The van der Waals surface area contributed by atoms with Crippen molar-refractivity contribution in [1.82, 2.24) is 9.78 Å². The Labute approximate surface area is 67.0 Å². The standard InChI is InChI=1S/C8H14N2O/c1-8(2,3)11-7-5-6-9-10(7)4/h5-6H,1-4H3. The third kappa shape index (κ3) is 2.26. The highest BCUT2D eigenvalue weighted by Crippen LogP contribution is 2.15. The van der Waals surface area contributed by atoms with Gasteiger partial charge in [0, 0.05) is 13.1 Å². The van der Waals surface area contributed by atoms with Crippen LogP contribution in [-0.2, 0) is 7.05 Å². The molecule has 0 N–H and O–H groups in total. The average molecular weight is 154 g/mol. The Hall–Kier alpha value is -0.990. The zero-order valence-electron chi connectivity index (χ0n) is 7.46. The first-order valence-electron chi connectivity index (χ1n) is 3.66. The van der Waals surface area contributed by atoms with Crippen molar-refractivity contribution in [3.05, 3.63) is 12.3 Å². The van der Waals surface area contributed by atoms with Gasteiger partial charge in [0.25, 0.3) is 0 Å². The summed E-state index contributed by atoms with van der Waals surface area (Å²) in [6.45, 7) is 6.04. The van der Waals surface area contributed by atoms with Crippen molar-refractivity contribution in [2.75, 3.05) is 0 Å². The van der Waals surface area contributed by atoms with E-state index >= 15 is 0 Å². The Morgan fingerprint density at radius 1 is 1.45 bits per heavy atom. The molecule has 3 heteroatoms. The van der Waals surface area contributed by atoms with Gasteiger partial charge in [-0.05, 0) is 20.8 Å². The molecule has 0 atom stereocenters. The second-order valence-electron chi connectivity index (χ2n) is 3.51. The van der Waals surface area contributed by atoms with Crippen molar-refractivity contribution in [3.8, 4) is 5.88 Å². The molecule has 0 fully saturated rings. The van der Waals surface area contributed by atoms with E-state index in [4.69, 9.17) is 4.74 Å². The number of rotatable bonds is 1. The van der Waals surface area contributed by atoms with Gasteiger partial charge in [-0.1, -0.05) is 0 Å². The summed E-state index contributed by atoms with van der Waals surface area (Å²) in [5, 5.41) is 3.99.